The van der Waals surface area contributed by atoms with Gasteiger partial charge in [0.15, 0.2) is 0 Å². The zero-order valence-electron chi connectivity index (χ0n) is 9.53. The van der Waals surface area contributed by atoms with E-state index >= 15 is 0 Å². The molecule has 0 saturated heterocycles. The summed E-state index contributed by atoms with van der Waals surface area (Å²) in [7, 11) is 0. The normalized spacial score (nSPS) is 27.2. The minimum atomic E-state index is 0.160. The molecule has 0 aromatic heterocycles. The molecule has 0 bridgehead atoms. The Bertz CT molecular complexity index is 472. The number of benzene rings is 1. The summed E-state index contributed by atoms with van der Waals surface area (Å²) in [6.45, 7) is 0.600. The number of hydrogen-bond donors (Lipinski definition) is 1. The number of nitrogens with two attached hydrogens (primary N) is 1. The highest BCUT2D eigenvalue weighted by molar-refractivity contribution is 6.31. The van der Waals surface area contributed by atoms with E-state index in [9.17, 15) is 0 Å². The zero-order valence-corrected chi connectivity index (χ0v) is 10.3. The molecule has 0 spiro atoms. The molecule has 2 atom stereocenters. The van der Waals surface area contributed by atoms with E-state index in [1.165, 1.54) is 11.1 Å². The molecule has 90 valence electrons. The van der Waals surface area contributed by atoms with Gasteiger partial charge in [-0.15, -0.1) is 0 Å². The second-order valence-corrected chi connectivity index (χ2v) is 5.06. The maximum Gasteiger partial charge on any atom is 0.282 e. The molecule has 1 aromatic rings. The fraction of sp³-hybridized carbons (Fsp3) is 0.462. The van der Waals surface area contributed by atoms with Crippen molar-refractivity contribution in [1.29, 1.82) is 0 Å². The average molecular weight is 251 g/mol. The Hall–Kier alpha value is -1.22. The monoisotopic (exact) mass is 250 g/mol. The molecular formula is C13H15ClN2O. The summed E-state index contributed by atoms with van der Waals surface area (Å²) in [4.78, 5) is 4.37. The third-order valence-corrected chi connectivity index (χ3v) is 4.01. The van der Waals surface area contributed by atoms with Gasteiger partial charge in [-0.05, 0) is 36.5 Å². The first-order valence-electron chi connectivity index (χ1n) is 5.99. The topological polar surface area (TPSA) is 47.6 Å². The van der Waals surface area contributed by atoms with E-state index in [1.807, 2.05) is 12.1 Å². The van der Waals surface area contributed by atoms with Crippen LogP contribution in [0.4, 0.5) is 0 Å². The Kier molecular flexibility index (Phi) is 2.71. The summed E-state index contributed by atoms with van der Waals surface area (Å²) in [6, 6.07) is 6.62. The second-order valence-electron chi connectivity index (χ2n) is 4.65. The van der Waals surface area contributed by atoms with E-state index in [0.29, 0.717) is 18.5 Å². The van der Waals surface area contributed by atoms with E-state index in [-0.39, 0.29) is 6.04 Å². The van der Waals surface area contributed by atoms with Crippen molar-refractivity contribution in [2.45, 2.75) is 31.2 Å². The smallest absolute Gasteiger partial charge is 0.282 e. The lowest BCUT2D eigenvalue weighted by Gasteiger charge is -2.28. The Morgan fingerprint density at radius 1 is 1.41 bits per heavy atom. The maximum absolute atomic E-state index is 6.25. The van der Waals surface area contributed by atoms with Gasteiger partial charge in [0.2, 0.25) is 0 Å². The largest absolute Gasteiger partial charge is 0.463 e. The van der Waals surface area contributed by atoms with Crippen molar-refractivity contribution in [1.82, 2.24) is 0 Å². The van der Waals surface area contributed by atoms with E-state index in [4.69, 9.17) is 22.1 Å². The van der Waals surface area contributed by atoms with Crippen LogP contribution in [0.5, 0.6) is 0 Å². The van der Waals surface area contributed by atoms with Crippen LogP contribution in [-0.4, -0.2) is 18.7 Å². The molecule has 1 heterocycles. The number of fused-ring (bicyclic) bond motifs is 1. The van der Waals surface area contributed by atoms with Gasteiger partial charge in [-0.1, -0.05) is 23.7 Å². The molecule has 2 N–H and O–H groups in total. The van der Waals surface area contributed by atoms with Crippen molar-refractivity contribution < 1.29 is 4.74 Å². The lowest BCUT2D eigenvalue weighted by Crippen LogP contribution is -2.23. The number of hydrogen-bond acceptors (Lipinski definition) is 3. The van der Waals surface area contributed by atoms with Gasteiger partial charge in [-0.3, -0.25) is 0 Å². The first-order chi connectivity index (χ1) is 8.25. The molecule has 0 radical (unpaired) electrons. The SMILES string of the molecule is NC1=NC(C2CCCc3c(Cl)cccc32)CO1. The fourth-order valence-corrected chi connectivity index (χ4v) is 3.13. The van der Waals surface area contributed by atoms with Gasteiger partial charge < -0.3 is 10.5 Å². The minimum absolute atomic E-state index is 0.160. The standard InChI is InChI=1S/C13H15ClN2O/c14-11-6-2-3-8-9(11)4-1-5-10(8)12-7-17-13(15)16-12/h2-3,6,10,12H,1,4-5,7H2,(H2,15,16). The van der Waals surface area contributed by atoms with Crippen molar-refractivity contribution in [2.75, 3.05) is 6.61 Å². The van der Waals surface area contributed by atoms with Crippen molar-refractivity contribution in [3.63, 3.8) is 0 Å². The molecule has 0 saturated carbocycles. The molecule has 4 heteroatoms. The van der Waals surface area contributed by atoms with E-state index in [0.717, 1.165) is 24.3 Å². The van der Waals surface area contributed by atoms with Gasteiger partial charge in [-0.2, -0.15) is 0 Å². The third kappa shape index (κ3) is 1.89. The molecular weight excluding hydrogens is 236 g/mol. The Morgan fingerprint density at radius 3 is 3.06 bits per heavy atom. The number of ether oxygens (including phenoxy) is 1. The third-order valence-electron chi connectivity index (χ3n) is 3.66. The van der Waals surface area contributed by atoms with E-state index in [1.54, 1.807) is 0 Å². The van der Waals surface area contributed by atoms with Crippen LogP contribution in [0.3, 0.4) is 0 Å². The van der Waals surface area contributed by atoms with Crippen LogP contribution in [-0.2, 0) is 11.2 Å². The summed E-state index contributed by atoms with van der Waals surface area (Å²) < 4.78 is 5.26. The molecule has 2 aliphatic rings. The summed E-state index contributed by atoms with van der Waals surface area (Å²) >= 11 is 6.25. The molecule has 2 unspecified atom stereocenters. The molecule has 1 aliphatic carbocycles. The van der Waals surface area contributed by atoms with Crippen molar-refractivity contribution in [3.05, 3.63) is 34.3 Å². The summed E-state index contributed by atoms with van der Waals surface area (Å²) in [5.41, 5.74) is 8.20. The zero-order chi connectivity index (χ0) is 11.8. The van der Waals surface area contributed by atoms with Gasteiger partial charge in [0.05, 0.1) is 6.04 Å². The van der Waals surface area contributed by atoms with Crippen molar-refractivity contribution in [2.24, 2.45) is 10.7 Å². The van der Waals surface area contributed by atoms with Crippen molar-refractivity contribution >= 4 is 17.6 Å². The Morgan fingerprint density at radius 2 is 2.29 bits per heavy atom. The van der Waals surface area contributed by atoms with Gasteiger partial charge in [-0.25, -0.2) is 4.99 Å². The van der Waals surface area contributed by atoms with Gasteiger partial charge >= 0.3 is 0 Å². The first-order valence-corrected chi connectivity index (χ1v) is 6.37. The second kappa shape index (κ2) is 4.22. The predicted molar refractivity (Wildman–Crippen MR) is 68.5 cm³/mol. The van der Waals surface area contributed by atoms with Crippen LogP contribution in [0.2, 0.25) is 5.02 Å². The van der Waals surface area contributed by atoms with Crippen LogP contribution >= 0.6 is 11.6 Å². The van der Waals surface area contributed by atoms with Crippen LogP contribution in [0.25, 0.3) is 0 Å². The van der Waals surface area contributed by atoms with Gasteiger partial charge in [0, 0.05) is 10.9 Å². The molecule has 0 amide bonds. The Labute approximate surface area is 106 Å². The number of rotatable bonds is 1. The average Bonchev–Trinajstić information content (AvgIpc) is 2.76. The Balaban J connectivity index is 1.97. The number of amidine groups is 1. The molecule has 3 rings (SSSR count). The molecule has 3 nitrogen and oxygen atoms in total. The minimum Gasteiger partial charge on any atom is -0.463 e. The van der Waals surface area contributed by atoms with Crippen LogP contribution in [0, 0.1) is 0 Å². The lowest BCUT2D eigenvalue weighted by molar-refractivity contribution is 0.290. The predicted octanol–water partition coefficient (Wildman–Crippen LogP) is 2.47. The quantitative estimate of drug-likeness (QED) is 0.832. The summed E-state index contributed by atoms with van der Waals surface area (Å²) in [5, 5.41) is 0.878. The fourth-order valence-electron chi connectivity index (χ4n) is 2.86. The molecule has 17 heavy (non-hydrogen) atoms. The summed E-state index contributed by atoms with van der Waals surface area (Å²) in [6.07, 6.45) is 3.36. The number of halogens is 1. The van der Waals surface area contributed by atoms with E-state index < -0.39 is 0 Å². The first kappa shape index (κ1) is 10.9. The van der Waals surface area contributed by atoms with Gasteiger partial charge in [0.1, 0.15) is 6.61 Å². The number of aliphatic imine (C=N–C) groups is 1. The molecule has 1 aliphatic heterocycles. The van der Waals surface area contributed by atoms with Crippen LogP contribution in [0.1, 0.15) is 29.9 Å². The number of nitrogens with zero attached hydrogens (tertiary/aromatic N) is 1. The molecule has 0 fully saturated rings. The van der Waals surface area contributed by atoms with Crippen LogP contribution < -0.4 is 5.73 Å². The van der Waals surface area contributed by atoms with E-state index in [2.05, 4.69) is 11.1 Å². The van der Waals surface area contributed by atoms with Crippen molar-refractivity contribution in [3.8, 4) is 0 Å². The maximum atomic E-state index is 6.25. The summed E-state index contributed by atoms with van der Waals surface area (Å²) in [5.74, 6) is 0.401. The highest BCUT2D eigenvalue weighted by atomic mass is 35.5. The highest BCUT2D eigenvalue weighted by Gasteiger charge is 2.31. The lowest BCUT2D eigenvalue weighted by atomic mass is 9.79. The molecule has 1 aromatic carbocycles. The van der Waals surface area contributed by atoms with Crippen LogP contribution in [0.15, 0.2) is 23.2 Å². The highest BCUT2D eigenvalue weighted by Crippen LogP contribution is 2.39. The van der Waals surface area contributed by atoms with Gasteiger partial charge in [0.25, 0.3) is 6.02 Å².